The number of benzene rings is 1. The minimum atomic E-state index is 0.855. The molecule has 0 amide bonds. The van der Waals surface area contributed by atoms with E-state index in [1.165, 1.54) is 6.42 Å². The molecule has 0 aromatic heterocycles. The third kappa shape index (κ3) is 4.11. The maximum Gasteiger partial charge on any atom is 0.142 e. The van der Waals surface area contributed by atoms with Crippen molar-refractivity contribution in [2.24, 2.45) is 0 Å². The van der Waals surface area contributed by atoms with Crippen LogP contribution >= 0.6 is 0 Å². The van der Waals surface area contributed by atoms with Gasteiger partial charge in [-0.3, -0.25) is 0 Å². The molecule has 18 heavy (non-hydrogen) atoms. The standard InChI is InChI=1S/C14H24N2O2/c1-15-9-5-6-10-16(2)13-11-12(17-3)7-8-14(13)18-4/h7-8,11,15H,5-6,9-10H2,1-4H3. The number of anilines is 1. The van der Waals surface area contributed by atoms with Crippen LogP contribution in [0.1, 0.15) is 12.8 Å². The molecule has 0 radical (unpaired) electrons. The molecule has 0 aliphatic heterocycles. The van der Waals surface area contributed by atoms with E-state index in [0.717, 1.165) is 36.7 Å². The first kappa shape index (κ1) is 14.6. The fraction of sp³-hybridized carbons (Fsp3) is 0.571. The number of ether oxygens (including phenoxy) is 2. The summed E-state index contributed by atoms with van der Waals surface area (Å²) in [7, 11) is 7.43. The van der Waals surface area contributed by atoms with Gasteiger partial charge in [-0.1, -0.05) is 0 Å². The van der Waals surface area contributed by atoms with Gasteiger partial charge in [-0.15, -0.1) is 0 Å². The summed E-state index contributed by atoms with van der Waals surface area (Å²) in [5, 5.41) is 3.16. The molecule has 0 spiro atoms. The number of nitrogens with one attached hydrogen (secondary N) is 1. The van der Waals surface area contributed by atoms with E-state index in [1.807, 2.05) is 25.2 Å². The quantitative estimate of drug-likeness (QED) is 0.719. The van der Waals surface area contributed by atoms with Crippen LogP contribution in [0.15, 0.2) is 18.2 Å². The van der Waals surface area contributed by atoms with Gasteiger partial charge in [0.1, 0.15) is 11.5 Å². The van der Waals surface area contributed by atoms with Gasteiger partial charge in [0.05, 0.1) is 19.9 Å². The van der Waals surface area contributed by atoms with Crippen molar-refractivity contribution in [1.29, 1.82) is 0 Å². The highest BCUT2D eigenvalue weighted by molar-refractivity contribution is 5.61. The van der Waals surface area contributed by atoms with E-state index in [-0.39, 0.29) is 0 Å². The average molecular weight is 252 g/mol. The Morgan fingerprint density at radius 2 is 1.94 bits per heavy atom. The highest BCUT2D eigenvalue weighted by Gasteiger charge is 2.09. The second-order valence-electron chi connectivity index (χ2n) is 4.27. The average Bonchev–Trinajstić information content (AvgIpc) is 2.42. The Morgan fingerprint density at radius 1 is 1.17 bits per heavy atom. The summed E-state index contributed by atoms with van der Waals surface area (Å²) in [6.07, 6.45) is 2.32. The van der Waals surface area contributed by atoms with Crippen LogP contribution in [0.2, 0.25) is 0 Å². The fourth-order valence-corrected chi connectivity index (χ4v) is 1.87. The molecule has 0 fully saturated rings. The van der Waals surface area contributed by atoms with E-state index < -0.39 is 0 Å². The van der Waals surface area contributed by atoms with Crippen LogP contribution in [0.5, 0.6) is 11.5 Å². The van der Waals surface area contributed by atoms with Crippen molar-refractivity contribution >= 4 is 5.69 Å². The van der Waals surface area contributed by atoms with Crippen LogP contribution in [0.25, 0.3) is 0 Å². The summed E-state index contributed by atoms with van der Waals surface area (Å²) >= 11 is 0. The Bertz CT molecular complexity index is 356. The summed E-state index contributed by atoms with van der Waals surface area (Å²) in [5.74, 6) is 1.74. The van der Waals surface area contributed by atoms with Crippen molar-refractivity contribution in [2.45, 2.75) is 12.8 Å². The number of rotatable bonds is 8. The second kappa shape index (κ2) is 7.82. The van der Waals surface area contributed by atoms with Crippen molar-refractivity contribution < 1.29 is 9.47 Å². The van der Waals surface area contributed by atoms with Gasteiger partial charge in [-0.05, 0) is 38.6 Å². The lowest BCUT2D eigenvalue weighted by Crippen LogP contribution is -2.20. The first-order chi connectivity index (χ1) is 8.72. The highest BCUT2D eigenvalue weighted by Crippen LogP contribution is 2.31. The Balaban J connectivity index is 2.66. The number of hydrogen-bond donors (Lipinski definition) is 1. The van der Waals surface area contributed by atoms with Crippen LogP contribution in [0.3, 0.4) is 0 Å². The summed E-state index contributed by atoms with van der Waals surface area (Å²) in [6, 6.07) is 5.87. The van der Waals surface area contributed by atoms with Gasteiger partial charge in [0.2, 0.25) is 0 Å². The molecule has 1 aromatic carbocycles. The first-order valence-corrected chi connectivity index (χ1v) is 6.30. The molecule has 0 aliphatic carbocycles. The Morgan fingerprint density at radius 3 is 2.56 bits per heavy atom. The maximum absolute atomic E-state index is 5.38. The van der Waals surface area contributed by atoms with Gasteiger partial charge in [0, 0.05) is 19.7 Å². The fourth-order valence-electron chi connectivity index (χ4n) is 1.87. The number of nitrogens with zero attached hydrogens (tertiary/aromatic N) is 1. The maximum atomic E-state index is 5.38. The Hall–Kier alpha value is -1.42. The molecule has 0 saturated carbocycles. The van der Waals surface area contributed by atoms with E-state index in [2.05, 4.69) is 17.3 Å². The van der Waals surface area contributed by atoms with Crippen molar-refractivity contribution in [1.82, 2.24) is 5.32 Å². The molecular formula is C14H24N2O2. The van der Waals surface area contributed by atoms with Crippen molar-refractivity contribution in [2.75, 3.05) is 46.3 Å². The lowest BCUT2D eigenvalue weighted by atomic mass is 10.2. The van der Waals surface area contributed by atoms with Crippen LogP contribution < -0.4 is 19.7 Å². The predicted molar refractivity (Wildman–Crippen MR) is 76.0 cm³/mol. The smallest absolute Gasteiger partial charge is 0.142 e. The molecule has 0 atom stereocenters. The molecule has 4 heteroatoms. The van der Waals surface area contributed by atoms with Gasteiger partial charge in [-0.25, -0.2) is 0 Å². The molecule has 0 aliphatic rings. The molecule has 0 unspecified atom stereocenters. The van der Waals surface area contributed by atoms with Crippen LogP contribution in [-0.2, 0) is 0 Å². The SMILES string of the molecule is CNCCCCN(C)c1cc(OC)ccc1OC. The number of methoxy groups -OCH3 is 2. The zero-order valence-electron chi connectivity index (χ0n) is 11.8. The Labute approximate surface area is 110 Å². The molecule has 0 saturated heterocycles. The van der Waals surface area contributed by atoms with Crippen LogP contribution in [0, 0.1) is 0 Å². The van der Waals surface area contributed by atoms with Crippen molar-refractivity contribution in [3.63, 3.8) is 0 Å². The minimum Gasteiger partial charge on any atom is -0.497 e. The van der Waals surface area contributed by atoms with Crippen LogP contribution in [0.4, 0.5) is 5.69 Å². The lowest BCUT2D eigenvalue weighted by Gasteiger charge is -2.22. The third-order valence-electron chi connectivity index (χ3n) is 2.97. The molecular weight excluding hydrogens is 228 g/mol. The molecule has 1 N–H and O–H groups in total. The van der Waals surface area contributed by atoms with Gasteiger partial charge in [0.25, 0.3) is 0 Å². The number of unbranched alkanes of at least 4 members (excludes halogenated alkanes) is 1. The topological polar surface area (TPSA) is 33.7 Å². The van der Waals surface area contributed by atoms with Gasteiger partial charge >= 0.3 is 0 Å². The van der Waals surface area contributed by atoms with E-state index in [4.69, 9.17) is 9.47 Å². The molecule has 102 valence electrons. The second-order valence-corrected chi connectivity index (χ2v) is 4.27. The van der Waals surface area contributed by atoms with E-state index in [9.17, 15) is 0 Å². The van der Waals surface area contributed by atoms with Gasteiger partial charge in [-0.2, -0.15) is 0 Å². The number of hydrogen-bond acceptors (Lipinski definition) is 4. The summed E-state index contributed by atoms with van der Waals surface area (Å²) in [6.45, 7) is 2.06. The predicted octanol–water partition coefficient (Wildman–Crippen LogP) is 2.14. The highest BCUT2D eigenvalue weighted by atomic mass is 16.5. The van der Waals surface area contributed by atoms with E-state index >= 15 is 0 Å². The normalized spacial score (nSPS) is 10.2. The van der Waals surface area contributed by atoms with Gasteiger partial charge in [0.15, 0.2) is 0 Å². The summed E-state index contributed by atoms with van der Waals surface area (Å²) < 4.78 is 10.6. The van der Waals surface area contributed by atoms with E-state index in [1.54, 1.807) is 14.2 Å². The largest absolute Gasteiger partial charge is 0.497 e. The first-order valence-electron chi connectivity index (χ1n) is 6.30. The molecule has 1 aromatic rings. The third-order valence-corrected chi connectivity index (χ3v) is 2.97. The zero-order valence-corrected chi connectivity index (χ0v) is 11.8. The van der Waals surface area contributed by atoms with Crippen LogP contribution in [-0.4, -0.2) is 41.4 Å². The van der Waals surface area contributed by atoms with Crippen molar-refractivity contribution in [3.8, 4) is 11.5 Å². The summed E-state index contributed by atoms with van der Waals surface area (Å²) in [4.78, 5) is 2.21. The monoisotopic (exact) mass is 252 g/mol. The van der Waals surface area contributed by atoms with Gasteiger partial charge < -0.3 is 19.7 Å². The molecule has 0 bridgehead atoms. The molecule has 1 rings (SSSR count). The minimum absolute atomic E-state index is 0.855. The molecule has 4 nitrogen and oxygen atoms in total. The van der Waals surface area contributed by atoms with E-state index in [0.29, 0.717) is 0 Å². The lowest BCUT2D eigenvalue weighted by molar-refractivity contribution is 0.403. The summed E-state index contributed by atoms with van der Waals surface area (Å²) in [5.41, 5.74) is 1.07. The zero-order chi connectivity index (χ0) is 13.4. The van der Waals surface area contributed by atoms with Crippen molar-refractivity contribution in [3.05, 3.63) is 18.2 Å². The molecule has 0 heterocycles. The Kier molecular flexibility index (Phi) is 6.36.